The maximum Gasteiger partial charge on any atom is 0.196 e. The lowest BCUT2D eigenvalue weighted by molar-refractivity contribution is 0.103. The molecule has 0 aliphatic rings. The van der Waals surface area contributed by atoms with Crippen molar-refractivity contribution in [2.24, 2.45) is 0 Å². The molecule has 98 valence electrons. The summed E-state index contributed by atoms with van der Waals surface area (Å²) in [6, 6.07) is 7.88. The number of carbonyl (C=O) groups excluding carboxylic acids is 1. The summed E-state index contributed by atoms with van der Waals surface area (Å²) in [5, 5.41) is 0.578. The molecule has 0 heterocycles. The van der Waals surface area contributed by atoms with E-state index in [0.29, 0.717) is 16.7 Å². The van der Waals surface area contributed by atoms with Crippen molar-refractivity contribution in [3.8, 4) is 0 Å². The Morgan fingerprint density at radius 3 is 2.00 bits per heavy atom. The molecule has 0 amide bonds. The van der Waals surface area contributed by atoms with E-state index >= 15 is 0 Å². The molecule has 2 rings (SSSR count). The van der Waals surface area contributed by atoms with Gasteiger partial charge in [0.05, 0.1) is 15.6 Å². The molecule has 0 aliphatic carbocycles. The normalized spacial score (nSPS) is 10.6. The minimum absolute atomic E-state index is 0.247. The molecule has 0 bridgehead atoms. The minimum Gasteiger partial charge on any atom is -0.288 e. The summed E-state index contributed by atoms with van der Waals surface area (Å²) in [6.45, 7) is 3.24. The number of aryl methyl sites for hydroxylation is 2. The fourth-order valence-electron chi connectivity index (χ4n) is 1.94. The molecule has 19 heavy (non-hydrogen) atoms. The van der Waals surface area contributed by atoms with Crippen LogP contribution in [0.25, 0.3) is 0 Å². The van der Waals surface area contributed by atoms with E-state index in [0.717, 1.165) is 0 Å². The number of hydrogen-bond donors (Lipinski definition) is 0. The Morgan fingerprint density at radius 2 is 1.53 bits per heavy atom. The van der Waals surface area contributed by atoms with E-state index in [2.05, 4.69) is 0 Å². The van der Waals surface area contributed by atoms with Gasteiger partial charge < -0.3 is 0 Å². The maximum absolute atomic E-state index is 13.6. The van der Waals surface area contributed by atoms with E-state index in [9.17, 15) is 9.18 Å². The lowest BCUT2D eigenvalue weighted by Crippen LogP contribution is -2.05. The smallest absolute Gasteiger partial charge is 0.196 e. The zero-order valence-electron chi connectivity index (χ0n) is 10.4. The Hall–Kier alpha value is -1.38. The summed E-state index contributed by atoms with van der Waals surface area (Å²) in [5.41, 5.74) is 1.47. The predicted molar refractivity (Wildman–Crippen MR) is 75.8 cm³/mol. The Labute approximate surface area is 121 Å². The van der Waals surface area contributed by atoms with Crippen molar-refractivity contribution in [2.75, 3.05) is 0 Å². The summed E-state index contributed by atoms with van der Waals surface area (Å²) in [6.07, 6.45) is 0. The fraction of sp³-hybridized carbons (Fsp3) is 0.133. The average Bonchev–Trinajstić information content (AvgIpc) is 2.35. The van der Waals surface area contributed by atoms with Crippen LogP contribution in [0.3, 0.4) is 0 Å². The third-order valence-electron chi connectivity index (χ3n) is 2.89. The van der Waals surface area contributed by atoms with E-state index < -0.39 is 0 Å². The highest BCUT2D eigenvalue weighted by Crippen LogP contribution is 2.28. The van der Waals surface area contributed by atoms with Gasteiger partial charge in [0, 0.05) is 5.56 Å². The molecule has 0 saturated carbocycles. The topological polar surface area (TPSA) is 17.1 Å². The molecule has 0 unspecified atom stereocenters. The molecular formula is C15H11Cl2FO. The van der Waals surface area contributed by atoms with E-state index in [-0.39, 0.29) is 27.2 Å². The van der Waals surface area contributed by atoms with Gasteiger partial charge in [-0.05, 0) is 49.2 Å². The van der Waals surface area contributed by atoms with E-state index in [1.165, 1.54) is 12.1 Å². The van der Waals surface area contributed by atoms with Crippen LogP contribution in [0.4, 0.5) is 4.39 Å². The van der Waals surface area contributed by atoms with Gasteiger partial charge in [0.25, 0.3) is 0 Å². The molecular weight excluding hydrogens is 286 g/mol. The second-order valence-electron chi connectivity index (χ2n) is 4.35. The van der Waals surface area contributed by atoms with E-state index in [1.807, 2.05) is 0 Å². The van der Waals surface area contributed by atoms with Crippen molar-refractivity contribution in [3.63, 3.8) is 0 Å². The number of carbonyl (C=O) groups is 1. The molecule has 0 N–H and O–H groups in total. The highest BCUT2D eigenvalue weighted by atomic mass is 35.5. The lowest BCUT2D eigenvalue weighted by atomic mass is 9.99. The van der Waals surface area contributed by atoms with Gasteiger partial charge in [0.15, 0.2) is 5.78 Å². The second-order valence-corrected chi connectivity index (χ2v) is 5.16. The summed E-state index contributed by atoms with van der Waals surface area (Å²) in [5.74, 6) is -0.608. The van der Waals surface area contributed by atoms with Crippen molar-refractivity contribution in [1.29, 1.82) is 0 Å². The summed E-state index contributed by atoms with van der Waals surface area (Å²) in [4.78, 5) is 12.4. The first-order valence-electron chi connectivity index (χ1n) is 5.67. The van der Waals surface area contributed by atoms with Gasteiger partial charge in [0.1, 0.15) is 5.82 Å². The molecule has 1 nitrogen and oxygen atoms in total. The van der Waals surface area contributed by atoms with Crippen molar-refractivity contribution in [2.45, 2.75) is 13.8 Å². The summed E-state index contributed by atoms with van der Waals surface area (Å²) < 4.78 is 13.6. The molecule has 0 atom stereocenters. The van der Waals surface area contributed by atoms with Crippen LogP contribution in [-0.4, -0.2) is 5.78 Å². The molecule has 0 aliphatic heterocycles. The number of benzene rings is 2. The van der Waals surface area contributed by atoms with E-state index in [1.54, 1.807) is 32.0 Å². The summed E-state index contributed by atoms with van der Waals surface area (Å²) >= 11 is 12.0. The minimum atomic E-state index is -0.304. The lowest BCUT2D eigenvalue weighted by Gasteiger charge is -2.09. The highest BCUT2D eigenvalue weighted by Gasteiger charge is 2.18. The van der Waals surface area contributed by atoms with Gasteiger partial charge in [-0.1, -0.05) is 29.3 Å². The van der Waals surface area contributed by atoms with Gasteiger partial charge in [-0.15, -0.1) is 0 Å². The average molecular weight is 297 g/mol. The SMILES string of the molecule is Cc1cc(C(=O)c2c(Cl)cccc2Cl)cc(C)c1F. The Morgan fingerprint density at radius 1 is 1.05 bits per heavy atom. The highest BCUT2D eigenvalue weighted by molar-refractivity contribution is 6.41. The number of halogens is 3. The predicted octanol–water partition coefficient (Wildman–Crippen LogP) is 4.98. The second kappa shape index (κ2) is 5.32. The van der Waals surface area contributed by atoms with Crippen LogP contribution >= 0.6 is 23.2 Å². The first-order chi connectivity index (χ1) is 8.91. The number of hydrogen-bond acceptors (Lipinski definition) is 1. The Kier molecular flexibility index (Phi) is 3.93. The van der Waals surface area contributed by atoms with Gasteiger partial charge in [-0.3, -0.25) is 4.79 Å². The quantitative estimate of drug-likeness (QED) is 0.714. The van der Waals surface area contributed by atoms with Gasteiger partial charge in [-0.2, -0.15) is 0 Å². The molecule has 0 radical (unpaired) electrons. The molecule has 2 aromatic carbocycles. The van der Waals surface area contributed by atoms with Crippen molar-refractivity contribution in [3.05, 3.63) is 68.4 Å². The van der Waals surface area contributed by atoms with Crippen LogP contribution in [0, 0.1) is 19.7 Å². The largest absolute Gasteiger partial charge is 0.288 e. The molecule has 2 aromatic rings. The van der Waals surface area contributed by atoms with Gasteiger partial charge in [-0.25, -0.2) is 4.39 Å². The van der Waals surface area contributed by atoms with Crippen LogP contribution in [0.1, 0.15) is 27.0 Å². The fourth-order valence-corrected chi connectivity index (χ4v) is 2.51. The van der Waals surface area contributed by atoms with Crippen LogP contribution in [0.2, 0.25) is 10.0 Å². The maximum atomic E-state index is 13.6. The van der Waals surface area contributed by atoms with Crippen LogP contribution in [-0.2, 0) is 0 Å². The third-order valence-corrected chi connectivity index (χ3v) is 3.52. The Bertz CT molecular complexity index is 622. The Balaban J connectivity index is 2.57. The molecule has 0 spiro atoms. The summed E-state index contributed by atoms with van der Waals surface area (Å²) in [7, 11) is 0. The zero-order chi connectivity index (χ0) is 14.2. The third kappa shape index (κ3) is 2.65. The zero-order valence-corrected chi connectivity index (χ0v) is 11.9. The monoisotopic (exact) mass is 296 g/mol. The number of rotatable bonds is 2. The van der Waals surface area contributed by atoms with E-state index in [4.69, 9.17) is 23.2 Å². The van der Waals surface area contributed by atoms with Crippen molar-refractivity contribution < 1.29 is 9.18 Å². The van der Waals surface area contributed by atoms with Crippen molar-refractivity contribution >= 4 is 29.0 Å². The van der Waals surface area contributed by atoms with Crippen LogP contribution < -0.4 is 0 Å². The first kappa shape index (κ1) is 14.0. The van der Waals surface area contributed by atoms with Crippen LogP contribution in [0.15, 0.2) is 30.3 Å². The standard InChI is InChI=1S/C15H11Cl2FO/c1-8-6-10(7-9(2)14(8)18)15(19)13-11(16)4-3-5-12(13)17/h3-7H,1-2H3. The first-order valence-corrected chi connectivity index (χ1v) is 6.43. The molecule has 0 saturated heterocycles. The van der Waals surface area contributed by atoms with Crippen molar-refractivity contribution in [1.82, 2.24) is 0 Å². The molecule has 4 heteroatoms. The van der Waals surface area contributed by atoms with Crippen LogP contribution in [0.5, 0.6) is 0 Å². The van der Waals surface area contributed by atoms with Gasteiger partial charge >= 0.3 is 0 Å². The molecule has 0 aromatic heterocycles. The van der Waals surface area contributed by atoms with Gasteiger partial charge in [0.2, 0.25) is 0 Å². The molecule has 0 fully saturated rings. The number of ketones is 1.